The van der Waals surface area contributed by atoms with E-state index in [9.17, 15) is 4.79 Å². The summed E-state index contributed by atoms with van der Waals surface area (Å²) >= 11 is 7.50. The first kappa shape index (κ1) is 23.8. The largest absolute Gasteiger partial charge is 0.398 e. The Kier molecular flexibility index (Phi) is 7.07. The molecule has 0 bridgehead atoms. The summed E-state index contributed by atoms with van der Waals surface area (Å²) in [5.41, 5.74) is 8.66. The fraction of sp³-hybridized carbons (Fsp3) is 0.400. The average molecular weight is 511 g/mol. The van der Waals surface area contributed by atoms with Gasteiger partial charge in [-0.3, -0.25) is 9.69 Å². The van der Waals surface area contributed by atoms with Crippen molar-refractivity contribution < 1.29 is 9.32 Å². The van der Waals surface area contributed by atoms with Crippen molar-refractivity contribution in [1.82, 2.24) is 19.9 Å². The number of amides is 1. The Morgan fingerprint density at radius 2 is 2.00 bits per heavy atom. The number of halogens is 1. The second kappa shape index (κ2) is 10.4. The Bertz CT molecular complexity index is 1240. The van der Waals surface area contributed by atoms with Gasteiger partial charge in [-0.05, 0) is 55.8 Å². The maximum absolute atomic E-state index is 13.3. The second-order valence-corrected chi connectivity index (χ2v) is 10.9. The predicted molar refractivity (Wildman–Crippen MR) is 136 cm³/mol. The van der Waals surface area contributed by atoms with Gasteiger partial charge in [0.15, 0.2) is 5.76 Å². The molecule has 1 amide bonds. The quantitative estimate of drug-likeness (QED) is 0.482. The zero-order valence-corrected chi connectivity index (χ0v) is 20.9. The molecule has 0 radical (unpaired) electrons. The molecule has 5 rings (SSSR count). The van der Waals surface area contributed by atoms with Crippen LogP contribution in [0.3, 0.4) is 0 Å². The summed E-state index contributed by atoms with van der Waals surface area (Å²) in [7, 11) is 0. The van der Waals surface area contributed by atoms with Crippen LogP contribution < -0.4 is 5.73 Å². The number of carbonyl (C=O) groups excluding carboxylic acids is 1. The van der Waals surface area contributed by atoms with E-state index in [4.69, 9.17) is 27.1 Å². The maximum atomic E-state index is 13.3. The highest BCUT2D eigenvalue weighted by atomic mass is 35.5. The number of carbonyl (C=O) groups is 1. The van der Waals surface area contributed by atoms with Crippen molar-refractivity contribution >= 4 is 34.5 Å². The molecule has 4 heterocycles. The number of nitriles is 1. The topological polar surface area (TPSA) is 103 Å². The van der Waals surface area contributed by atoms with E-state index in [-0.39, 0.29) is 11.9 Å². The zero-order chi connectivity index (χ0) is 24.4. The molecular weight excluding hydrogens is 484 g/mol. The van der Waals surface area contributed by atoms with Crippen LogP contribution in [0, 0.1) is 11.3 Å². The number of thiophene rings is 1. The monoisotopic (exact) mass is 510 g/mol. The third-order valence-electron chi connectivity index (χ3n) is 6.61. The van der Waals surface area contributed by atoms with Gasteiger partial charge in [-0.25, -0.2) is 0 Å². The molecule has 10 heteroatoms. The number of anilines is 1. The molecule has 3 aromatic rings. The zero-order valence-electron chi connectivity index (χ0n) is 19.3. The first-order valence-corrected chi connectivity index (χ1v) is 12.9. The molecule has 0 aliphatic carbocycles. The van der Waals surface area contributed by atoms with Gasteiger partial charge in [0.1, 0.15) is 6.07 Å². The van der Waals surface area contributed by atoms with Crippen molar-refractivity contribution in [3.05, 3.63) is 57.6 Å². The highest BCUT2D eigenvalue weighted by molar-refractivity contribution is 7.19. The van der Waals surface area contributed by atoms with Crippen LogP contribution in [0.4, 0.5) is 5.69 Å². The van der Waals surface area contributed by atoms with Crippen molar-refractivity contribution in [2.75, 3.05) is 38.5 Å². The van der Waals surface area contributed by atoms with Crippen LogP contribution in [0.25, 0.3) is 10.6 Å². The van der Waals surface area contributed by atoms with Gasteiger partial charge >= 0.3 is 0 Å². The molecule has 0 unspecified atom stereocenters. The Morgan fingerprint density at radius 1 is 1.17 bits per heavy atom. The Balaban J connectivity index is 1.31. The van der Waals surface area contributed by atoms with Gasteiger partial charge in [-0.2, -0.15) is 5.26 Å². The smallest absolute Gasteiger partial charge is 0.237 e. The van der Waals surface area contributed by atoms with E-state index in [0.717, 1.165) is 42.3 Å². The van der Waals surface area contributed by atoms with Crippen molar-refractivity contribution in [3.8, 4) is 16.7 Å². The Labute approximate surface area is 213 Å². The minimum Gasteiger partial charge on any atom is -0.398 e. The minimum absolute atomic E-state index is 0.0497. The van der Waals surface area contributed by atoms with Crippen LogP contribution in [0.2, 0.25) is 4.34 Å². The highest BCUT2D eigenvalue weighted by Crippen LogP contribution is 2.31. The number of aromatic nitrogens is 1. The van der Waals surface area contributed by atoms with Gasteiger partial charge in [0.2, 0.25) is 5.91 Å². The summed E-state index contributed by atoms with van der Waals surface area (Å²) in [6.07, 6.45) is 2.40. The summed E-state index contributed by atoms with van der Waals surface area (Å²) < 4.78 is 6.24. The standard InChI is InChI=1S/C25H27ClN6O2S/c26-24-6-5-23(35-24)22-10-19(29-34-22)13-31-15-20(14-30-7-1-2-8-30)32(25(33)16-31)12-17-3-4-18(11-27)21(28)9-17/h3-6,9-10,20H,1-2,7-8,12-16,28H2/t20-/m0/s1. The minimum atomic E-state index is 0.0497. The molecule has 35 heavy (non-hydrogen) atoms. The van der Waals surface area contributed by atoms with Crippen LogP contribution in [-0.2, 0) is 17.9 Å². The summed E-state index contributed by atoms with van der Waals surface area (Å²) in [6.45, 7) is 5.07. The predicted octanol–water partition coefficient (Wildman–Crippen LogP) is 3.82. The number of nitrogens with two attached hydrogens (primary N) is 1. The average Bonchev–Trinajstić information content (AvgIpc) is 3.59. The molecule has 2 N–H and O–H groups in total. The summed E-state index contributed by atoms with van der Waals surface area (Å²) in [6, 6.07) is 13.2. The third kappa shape index (κ3) is 5.52. The van der Waals surface area contributed by atoms with Crippen molar-refractivity contribution in [2.24, 2.45) is 0 Å². The van der Waals surface area contributed by atoms with E-state index in [1.165, 1.54) is 24.2 Å². The molecule has 2 aliphatic rings. The number of piperazine rings is 1. The molecule has 1 atom stereocenters. The fourth-order valence-corrected chi connectivity index (χ4v) is 5.88. The molecular formula is C25H27ClN6O2S. The lowest BCUT2D eigenvalue weighted by molar-refractivity contribution is -0.141. The first-order chi connectivity index (χ1) is 17.0. The SMILES string of the molecule is N#Cc1ccc(CN2C(=O)CN(Cc3cc(-c4ccc(Cl)s4)on3)C[C@@H]2CN2CCCC2)cc1N. The number of likely N-dealkylation sites (tertiary alicyclic amines) is 1. The second-order valence-electron chi connectivity index (χ2n) is 9.17. The first-order valence-electron chi connectivity index (χ1n) is 11.7. The van der Waals surface area contributed by atoms with Gasteiger partial charge < -0.3 is 20.1 Å². The van der Waals surface area contributed by atoms with E-state index >= 15 is 0 Å². The van der Waals surface area contributed by atoms with Crippen molar-refractivity contribution in [2.45, 2.75) is 32.0 Å². The summed E-state index contributed by atoms with van der Waals surface area (Å²) in [4.78, 5) is 20.8. The number of nitrogen functional groups attached to an aromatic ring is 1. The van der Waals surface area contributed by atoms with Crippen molar-refractivity contribution in [1.29, 1.82) is 5.26 Å². The molecule has 0 saturated carbocycles. The molecule has 8 nitrogen and oxygen atoms in total. The van der Waals surface area contributed by atoms with E-state index in [2.05, 4.69) is 21.0 Å². The van der Waals surface area contributed by atoms with Crippen LogP contribution in [-0.4, -0.2) is 64.5 Å². The number of benzene rings is 1. The maximum Gasteiger partial charge on any atom is 0.237 e. The van der Waals surface area contributed by atoms with Crippen LogP contribution in [0.15, 0.2) is 40.9 Å². The molecule has 0 spiro atoms. The van der Waals surface area contributed by atoms with E-state index in [1.54, 1.807) is 12.1 Å². The Hall–Kier alpha value is -2.90. The number of nitrogens with zero attached hydrogens (tertiary/aromatic N) is 5. The normalized spacial score (nSPS) is 19.4. The molecule has 2 fully saturated rings. The molecule has 2 aromatic heterocycles. The Morgan fingerprint density at radius 3 is 2.71 bits per heavy atom. The lowest BCUT2D eigenvalue weighted by Crippen LogP contribution is -2.58. The van der Waals surface area contributed by atoms with Crippen LogP contribution in [0.5, 0.6) is 0 Å². The molecule has 2 aliphatic heterocycles. The van der Waals surface area contributed by atoms with E-state index in [0.29, 0.717) is 41.0 Å². The van der Waals surface area contributed by atoms with Crippen LogP contribution in [0.1, 0.15) is 29.7 Å². The van der Waals surface area contributed by atoms with Crippen LogP contribution >= 0.6 is 22.9 Å². The van der Waals surface area contributed by atoms with E-state index < -0.39 is 0 Å². The lowest BCUT2D eigenvalue weighted by Gasteiger charge is -2.42. The lowest BCUT2D eigenvalue weighted by atomic mass is 10.1. The van der Waals surface area contributed by atoms with Crippen molar-refractivity contribution in [3.63, 3.8) is 0 Å². The summed E-state index contributed by atoms with van der Waals surface area (Å²) in [5.74, 6) is 0.769. The third-order valence-corrected chi connectivity index (χ3v) is 7.85. The molecule has 182 valence electrons. The van der Waals surface area contributed by atoms with Gasteiger partial charge in [0.05, 0.1) is 33.1 Å². The highest BCUT2D eigenvalue weighted by Gasteiger charge is 2.34. The number of rotatable bonds is 7. The fourth-order valence-electron chi connectivity index (χ4n) is 4.89. The van der Waals surface area contributed by atoms with Gasteiger partial charge in [0.25, 0.3) is 0 Å². The van der Waals surface area contributed by atoms with Gasteiger partial charge in [-0.15, -0.1) is 11.3 Å². The van der Waals surface area contributed by atoms with Gasteiger partial charge in [-0.1, -0.05) is 22.8 Å². The summed E-state index contributed by atoms with van der Waals surface area (Å²) in [5, 5.41) is 13.4. The molecule has 1 aromatic carbocycles. The van der Waals surface area contributed by atoms with E-state index in [1.807, 2.05) is 29.2 Å². The number of hydrogen-bond acceptors (Lipinski definition) is 8. The molecule has 2 saturated heterocycles. The van der Waals surface area contributed by atoms with Gasteiger partial charge in [0, 0.05) is 37.9 Å². The number of hydrogen-bond donors (Lipinski definition) is 1.